The molecule has 4 rings (SSSR count). The zero-order chi connectivity index (χ0) is 18.3. The van der Waals surface area contributed by atoms with Crippen molar-refractivity contribution in [3.05, 3.63) is 76.5 Å². The maximum absolute atomic E-state index is 14.1. The molecule has 0 fully saturated rings. The number of aryl methyl sites for hydroxylation is 1. The van der Waals surface area contributed by atoms with Crippen LogP contribution < -0.4 is 4.90 Å². The minimum atomic E-state index is -0.566. The number of hydrogen-bond donors (Lipinski definition) is 1. The zero-order valence-corrected chi connectivity index (χ0v) is 14.3. The first-order chi connectivity index (χ1) is 12.6. The molecule has 5 heteroatoms. The van der Waals surface area contributed by atoms with Gasteiger partial charge < -0.3 is 9.88 Å². The SMILES string of the molecule is Cc1cc(C#N)ccc1N1CCc2[nH]c(-c3c(F)cccc3F)cc2C1. The molecule has 0 unspecified atom stereocenters. The van der Waals surface area contributed by atoms with Crippen LogP contribution in [0, 0.1) is 29.9 Å². The molecule has 0 atom stereocenters. The Balaban J connectivity index is 1.66. The molecule has 2 aromatic carbocycles. The number of hydrogen-bond acceptors (Lipinski definition) is 2. The van der Waals surface area contributed by atoms with Crippen molar-refractivity contribution in [1.29, 1.82) is 5.26 Å². The lowest BCUT2D eigenvalue weighted by Crippen LogP contribution is -2.30. The highest BCUT2D eigenvalue weighted by Gasteiger charge is 2.22. The number of halogens is 2. The van der Waals surface area contributed by atoms with Crippen molar-refractivity contribution in [1.82, 2.24) is 4.98 Å². The number of nitriles is 1. The van der Waals surface area contributed by atoms with Gasteiger partial charge in [0.1, 0.15) is 11.6 Å². The zero-order valence-electron chi connectivity index (χ0n) is 14.3. The van der Waals surface area contributed by atoms with Crippen LogP contribution in [0.3, 0.4) is 0 Å². The summed E-state index contributed by atoms with van der Waals surface area (Å²) in [5, 5.41) is 9.02. The summed E-state index contributed by atoms with van der Waals surface area (Å²) in [6.07, 6.45) is 0.769. The van der Waals surface area contributed by atoms with E-state index in [2.05, 4.69) is 16.0 Å². The molecule has 3 nitrogen and oxygen atoms in total. The Hall–Kier alpha value is -3.13. The third kappa shape index (κ3) is 2.74. The van der Waals surface area contributed by atoms with Crippen LogP contribution in [0.15, 0.2) is 42.5 Å². The summed E-state index contributed by atoms with van der Waals surface area (Å²) < 4.78 is 28.1. The Morgan fingerprint density at radius 1 is 1.12 bits per heavy atom. The van der Waals surface area contributed by atoms with E-state index in [0.29, 0.717) is 17.8 Å². The Morgan fingerprint density at radius 3 is 2.58 bits per heavy atom. The maximum atomic E-state index is 14.1. The average molecular weight is 349 g/mol. The molecule has 0 radical (unpaired) electrons. The highest BCUT2D eigenvalue weighted by Crippen LogP contribution is 2.32. The minimum absolute atomic E-state index is 0.0111. The molecule has 130 valence electrons. The summed E-state index contributed by atoms with van der Waals surface area (Å²) in [5.41, 5.74) is 5.29. The molecular formula is C21H17F2N3. The number of H-pyrrole nitrogens is 1. The molecule has 0 saturated carbocycles. The second-order valence-corrected chi connectivity index (χ2v) is 6.57. The lowest BCUT2D eigenvalue weighted by atomic mass is 10.0. The van der Waals surface area contributed by atoms with Crippen LogP contribution >= 0.6 is 0 Å². The van der Waals surface area contributed by atoms with Crippen molar-refractivity contribution in [3.8, 4) is 17.3 Å². The van der Waals surface area contributed by atoms with E-state index in [-0.39, 0.29) is 5.56 Å². The maximum Gasteiger partial charge on any atom is 0.135 e. The number of aromatic nitrogens is 1. The van der Waals surface area contributed by atoms with Gasteiger partial charge in [0.15, 0.2) is 0 Å². The van der Waals surface area contributed by atoms with Crippen molar-refractivity contribution < 1.29 is 8.78 Å². The molecule has 1 aliphatic heterocycles. The first-order valence-corrected chi connectivity index (χ1v) is 8.47. The molecule has 1 N–H and O–H groups in total. The van der Waals surface area contributed by atoms with E-state index in [1.54, 1.807) is 0 Å². The van der Waals surface area contributed by atoms with E-state index in [9.17, 15) is 8.78 Å². The summed E-state index contributed by atoms with van der Waals surface area (Å²) in [6.45, 7) is 3.46. The molecule has 0 bridgehead atoms. The Labute approximate surface area is 150 Å². The van der Waals surface area contributed by atoms with Crippen LogP contribution in [-0.4, -0.2) is 11.5 Å². The molecule has 0 spiro atoms. The molecule has 3 aromatic rings. The molecular weight excluding hydrogens is 332 g/mol. The van der Waals surface area contributed by atoms with Gasteiger partial charge in [0, 0.05) is 30.9 Å². The predicted molar refractivity (Wildman–Crippen MR) is 96.8 cm³/mol. The molecule has 0 saturated heterocycles. The Kier molecular flexibility index (Phi) is 3.96. The Morgan fingerprint density at radius 2 is 1.88 bits per heavy atom. The quantitative estimate of drug-likeness (QED) is 0.728. The molecule has 1 aromatic heterocycles. The lowest BCUT2D eigenvalue weighted by Gasteiger charge is -2.30. The van der Waals surface area contributed by atoms with E-state index in [4.69, 9.17) is 5.26 Å². The van der Waals surface area contributed by atoms with E-state index in [1.165, 1.54) is 18.2 Å². The lowest BCUT2D eigenvalue weighted by molar-refractivity contribution is 0.589. The van der Waals surface area contributed by atoms with E-state index >= 15 is 0 Å². The van der Waals surface area contributed by atoms with Crippen molar-refractivity contribution in [2.45, 2.75) is 19.9 Å². The van der Waals surface area contributed by atoms with E-state index in [1.807, 2.05) is 31.2 Å². The van der Waals surface area contributed by atoms with E-state index in [0.717, 1.165) is 35.5 Å². The third-order valence-corrected chi connectivity index (χ3v) is 4.88. The van der Waals surface area contributed by atoms with Gasteiger partial charge in [-0.2, -0.15) is 5.26 Å². The molecule has 26 heavy (non-hydrogen) atoms. The molecule has 2 heterocycles. The van der Waals surface area contributed by atoms with Crippen LogP contribution in [-0.2, 0) is 13.0 Å². The normalized spacial score (nSPS) is 13.4. The van der Waals surface area contributed by atoms with Gasteiger partial charge >= 0.3 is 0 Å². The van der Waals surface area contributed by atoms with Gasteiger partial charge in [-0.1, -0.05) is 6.07 Å². The van der Waals surface area contributed by atoms with Gasteiger partial charge in [-0.3, -0.25) is 0 Å². The number of nitrogens with zero attached hydrogens (tertiary/aromatic N) is 2. The van der Waals surface area contributed by atoms with Crippen LogP contribution in [0.2, 0.25) is 0 Å². The van der Waals surface area contributed by atoms with Crippen LogP contribution in [0.1, 0.15) is 22.4 Å². The third-order valence-electron chi connectivity index (χ3n) is 4.88. The first-order valence-electron chi connectivity index (χ1n) is 8.47. The van der Waals surface area contributed by atoms with Crippen molar-refractivity contribution >= 4 is 5.69 Å². The van der Waals surface area contributed by atoms with Gasteiger partial charge in [0.25, 0.3) is 0 Å². The number of nitrogens with one attached hydrogen (secondary N) is 1. The number of anilines is 1. The second kappa shape index (κ2) is 6.30. The Bertz CT molecular complexity index is 1010. The summed E-state index contributed by atoms with van der Waals surface area (Å²) in [4.78, 5) is 5.42. The topological polar surface area (TPSA) is 42.8 Å². The van der Waals surface area contributed by atoms with Gasteiger partial charge in [0.05, 0.1) is 22.9 Å². The van der Waals surface area contributed by atoms with Crippen molar-refractivity contribution in [2.24, 2.45) is 0 Å². The van der Waals surface area contributed by atoms with Gasteiger partial charge in [-0.05, 0) is 54.4 Å². The summed E-state index contributed by atoms with van der Waals surface area (Å²) in [5.74, 6) is -1.13. The molecule has 1 aliphatic rings. The van der Waals surface area contributed by atoms with Gasteiger partial charge in [-0.25, -0.2) is 8.78 Å². The highest BCUT2D eigenvalue weighted by molar-refractivity contribution is 5.64. The number of benzene rings is 2. The first kappa shape index (κ1) is 16.3. The predicted octanol–water partition coefficient (Wildman–Crippen LogP) is 4.70. The number of fused-ring (bicyclic) bond motifs is 1. The summed E-state index contributed by atoms with van der Waals surface area (Å²) in [6, 6.07) is 13.5. The van der Waals surface area contributed by atoms with Gasteiger partial charge in [-0.15, -0.1) is 0 Å². The monoisotopic (exact) mass is 349 g/mol. The fraction of sp³-hybridized carbons (Fsp3) is 0.190. The summed E-state index contributed by atoms with van der Waals surface area (Å²) in [7, 11) is 0. The smallest absolute Gasteiger partial charge is 0.135 e. The fourth-order valence-corrected chi connectivity index (χ4v) is 3.61. The number of rotatable bonds is 2. The largest absolute Gasteiger partial charge is 0.367 e. The van der Waals surface area contributed by atoms with Crippen LogP contribution in [0.4, 0.5) is 14.5 Å². The van der Waals surface area contributed by atoms with Crippen LogP contribution in [0.5, 0.6) is 0 Å². The highest BCUT2D eigenvalue weighted by atomic mass is 19.1. The average Bonchev–Trinajstić information content (AvgIpc) is 3.04. The van der Waals surface area contributed by atoms with Gasteiger partial charge in [0.2, 0.25) is 0 Å². The summed E-state index contributed by atoms with van der Waals surface area (Å²) >= 11 is 0. The molecule has 0 aliphatic carbocycles. The fourth-order valence-electron chi connectivity index (χ4n) is 3.61. The standard InChI is InChI=1S/C21H17F2N3/c1-13-9-14(11-24)5-6-20(13)26-8-7-18-15(12-26)10-19(25-18)21-16(22)3-2-4-17(21)23/h2-6,9-10,25H,7-8,12H2,1H3. The van der Waals surface area contributed by atoms with E-state index < -0.39 is 11.6 Å². The van der Waals surface area contributed by atoms with Crippen molar-refractivity contribution in [2.75, 3.05) is 11.4 Å². The van der Waals surface area contributed by atoms with Crippen LogP contribution in [0.25, 0.3) is 11.3 Å². The molecule has 0 amide bonds. The number of aromatic amines is 1. The minimum Gasteiger partial charge on any atom is -0.367 e. The second-order valence-electron chi connectivity index (χ2n) is 6.57. The van der Waals surface area contributed by atoms with Crippen molar-refractivity contribution in [3.63, 3.8) is 0 Å².